The van der Waals surface area contributed by atoms with Crippen molar-refractivity contribution in [2.45, 2.75) is 159 Å². The van der Waals surface area contributed by atoms with Crippen LogP contribution in [0.3, 0.4) is 0 Å². The minimum absolute atomic E-state index is 0.243. The number of imide groups is 1. The van der Waals surface area contributed by atoms with Crippen molar-refractivity contribution in [1.29, 1.82) is 0 Å². The van der Waals surface area contributed by atoms with Gasteiger partial charge >= 0.3 is 12.1 Å². The van der Waals surface area contributed by atoms with E-state index in [0.29, 0.717) is 35.9 Å². The van der Waals surface area contributed by atoms with Crippen molar-refractivity contribution in [2.24, 2.45) is 16.2 Å². The standard InChI is InChI=1S/C32H65N3O2/c1-30(2,3)22-16-10-13-19-25-33-28(36)35(27-21-15-12-18-24-32(7,8)9)29(37)34-26-20-14-11-17-23-31(4,5)6/h10-27H2,1-9H3,(H,33,36)(H,34,37). The third-order valence-corrected chi connectivity index (χ3v) is 6.81. The molecule has 0 aromatic rings. The highest BCUT2D eigenvalue weighted by molar-refractivity contribution is 5.93. The van der Waals surface area contributed by atoms with E-state index in [1.54, 1.807) is 0 Å². The molecule has 0 aromatic carbocycles. The van der Waals surface area contributed by atoms with Gasteiger partial charge in [-0.3, -0.25) is 0 Å². The zero-order valence-electron chi connectivity index (χ0n) is 26.5. The summed E-state index contributed by atoms with van der Waals surface area (Å²) >= 11 is 0. The Labute approximate surface area is 231 Å². The fraction of sp³-hybridized carbons (Fsp3) is 0.938. The van der Waals surface area contributed by atoms with Gasteiger partial charge in [-0.05, 0) is 54.8 Å². The van der Waals surface area contributed by atoms with Crippen LogP contribution in [0.1, 0.15) is 159 Å². The van der Waals surface area contributed by atoms with E-state index >= 15 is 0 Å². The fourth-order valence-corrected chi connectivity index (χ4v) is 4.42. The van der Waals surface area contributed by atoms with E-state index in [-0.39, 0.29) is 12.1 Å². The molecule has 0 atom stereocenters. The second kappa shape index (κ2) is 18.9. The van der Waals surface area contributed by atoms with E-state index in [1.807, 2.05) is 0 Å². The molecule has 0 aromatic heterocycles. The second-order valence-corrected chi connectivity index (χ2v) is 14.8. The van der Waals surface area contributed by atoms with Crippen LogP contribution in [0.25, 0.3) is 0 Å². The molecule has 0 spiro atoms. The lowest BCUT2D eigenvalue weighted by molar-refractivity contribution is 0.184. The van der Waals surface area contributed by atoms with Crippen LogP contribution in [0.5, 0.6) is 0 Å². The van der Waals surface area contributed by atoms with Crippen molar-refractivity contribution in [3.63, 3.8) is 0 Å². The first-order valence-corrected chi connectivity index (χ1v) is 15.4. The van der Waals surface area contributed by atoms with Crippen LogP contribution in [0, 0.1) is 16.2 Å². The summed E-state index contributed by atoms with van der Waals surface area (Å²) in [5, 5.41) is 6.00. The first kappa shape index (κ1) is 35.7. The zero-order chi connectivity index (χ0) is 28.4. The molecule has 0 aliphatic carbocycles. The highest BCUT2D eigenvalue weighted by Gasteiger charge is 2.20. The molecular weight excluding hydrogens is 458 g/mol. The van der Waals surface area contributed by atoms with Gasteiger partial charge in [-0.1, -0.05) is 120 Å². The first-order valence-electron chi connectivity index (χ1n) is 15.4. The van der Waals surface area contributed by atoms with Gasteiger partial charge in [-0.25, -0.2) is 14.5 Å². The number of hydrogen-bond acceptors (Lipinski definition) is 2. The Morgan fingerprint density at radius 1 is 0.459 bits per heavy atom. The molecule has 0 unspecified atom stereocenters. The number of carbonyl (C=O) groups is 2. The summed E-state index contributed by atoms with van der Waals surface area (Å²) in [6.45, 7) is 22.3. The SMILES string of the molecule is CC(C)(C)CCCCCCNC(=O)N(CCCCCCC(C)(C)C)C(=O)NCCCCCCC(C)(C)C. The lowest BCUT2D eigenvalue weighted by atomic mass is 9.89. The summed E-state index contributed by atoms with van der Waals surface area (Å²) in [6, 6.07) is -0.487. The molecule has 0 bridgehead atoms. The van der Waals surface area contributed by atoms with Gasteiger partial charge in [-0.15, -0.1) is 0 Å². The van der Waals surface area contributed by atoms with Crippen LogP contribution in [0.4, 0.5) is 9.59 Å². The summed E-state index contributed by atoms with van der Waals surface area (Å²) in [5.74, 6) is 0. The van der Waals surface area contributed by atoms with E-state index in [0.717, 1.165) is 44.9 Å². The van der Waals surface area contributed by atoms with Crippen molar-refractivity contribution >= 4 is 12.1 Å². The molecule has 0 aliphatic heterocycles. The minimum Gasteiger partial charge on any atom is -0.338 e. The fourth-order valence-electron chi connectivity index (χ4n) is 4.42. The molecule has 0 heterocycles. The Kier molecular flexibility index (Phi) is 18.3. The van der Waals surface area contributed by atoms with Gasteiger partial charge in [0.1, 0.15) is 0 Å². The predicted octanol–water partition coefficient (Wildman–Crippen LogP) is 9.70. The molecule has 37 heavy (non-hydrogen) atoms. The number of hydrogen-bond donors (Lipinski definition) is 2. The van der Waals surface area contributed by atoms with Crippen molar-refractivity contribution < 1.29 is 9.59 Å². The van der Waals surface area contributed by atoms with Gasteiger partial charge in [0.2, 0.25) is 0 Å². The van der Waals surface area contributed by atoms with Gasteiger partial charge in [-0.2, -0.15) is 0 Å². The lowest BCUT2D eigenvalue weighted by Crippen LogP contribution is -2.49. The van der Waals surface area contributed by atoms with Crippen LogP contribution in [-0.4, -0.2) is 36.6 Å². The number of rotatable bonds is 18. The maximum Gasteiger partial charge on any atom is 0.325 e. The van der Waals surface area contributed by atoms with E-state index in [1.165, 1.54) is 56.3 Å². The number of carbonyl (C=O) groups excluding carboxylic acids is 2. The van der Waals surface area contributed by atoms with E-state index < -0.39 is 0 Å². The number of urea groups is 2. The van der Waals surface area contributed by atoms with Gasteiger partial charge in [0, 0.05) is 19.6 Å². The quantitative estimate of drug-likeness (QED) is 0.176. The van der Waals surface area contributed by atoms with Crippen molar-refractivity contribution in [1.82, 2.24) is 15.5 Å². The molecule has 0 fully saturated rings. The number of unbranched alkanes of at least 4 members (excludes halogenated alkanes) is 9. The van der Waals surface area contributed by atoms with E-state index in [2.05, 4.69) is 72.9 Å². The van der Waals surface area contributed by atoms with Crippen LogP contribution >= 0.6 is 0 Å². The minimum atomic E-state index is -0.243. The first-order chi connectivity index (χ1) is 17.1. The van der Waals surface area contributed by atoms with E-state index in [4.69, 9.17) is 0 Å². The summed E-state index contributed by atoms with van der Waals surface area (Å²) in [4.78, 5) is 27.2. The van der Waals surface area contributed by atoms with Gasteiger partial charge in [0.25, 0.3) is 0 Å². The molecule has 0 saturated carbocycles. The van der Waals surface area contributed by atoms with Crippen molar-refractivity contribution in [2.75, 3.05) is 19.6 Å². The molecule has 5 nitrogen and oxygen atoms in total. The Bertz CT molecular complexity index is 557. The molecule has 0 aliphatic rings. The molecule has 2 N–H and O–H groups in total. The molecule has 220 valence electrons. The second-order valence-electron chi connectivity index (χ2n) is 14.8. The van der Waals surface area contributed by atoms with Crippen molar-refractivity contribution in [3.05, 3.63) is 0 Å². The highest BCUT2D eigenvalue weighted by atomic mass is 16.2. The Balaban J connectivity index is 4.43. The molecule has 0 radical (unpaired) electrons. The third kappa shape index (κ3) is 24.8. The zero-order valence-corrected chi connectivity index (χ0v) is 26.5. The molecule has 0 saturated heterocycles. The van der Waals surface area contributed by atoms with Gasteiger partial charge in [0.05, 0.1) is 0 Å². The monoisotopic (exact) mass is 524 g/mol. The molecule has 0 rings (SSSR count). The molecule has 4 amide bonds. The number of nitrogens with one attached hydrogen (secondary N) is 2. The molecular formula is C32H65N3O2. The normalized spacial score (nSPS) is 12.5. The van der Waals surface area contributed by atoms with E-state index in [9.17, 15) is 9.59 Å². The maximum absolute atomic E-state index is 12.9. The average Bonchev–Trinajstić information content (AvgIpc) is 2.74. The van der Waals surface area contributed by atoms with Crippen LogP contribution < -0.4 is 10.6 Å². The largest absolute Gasteiger partial charge is 0.338 e. The highest BCUT2D eigenvalue weighted by Crippen LogP contribution is 2.24. The van der Waals surface area contributed by atoms with Gasteiger partial charge in [0.15, 0.2) is 0 Å². The topological polar surface area (TPSA) is 61.4 Å². The summed E-state index contributed by atoms with van der Waals surface area (Å²) in [7, 11) is 0. The summed E-state index contributed by atoms with van der Waals surface area (Å²) in [5.41, 5.74) is 1.15. The predicted molar refractivity (Wildman–Crippen MR) is 161 cm³/mol. The smallest absolute Gasteiger partial charge is 0.325 e. The molecule has 5 heteroatoms. The van der Waals surface area contributed by atoms with Crippen molar-refractivity contribution in [3.8, 4) is 0 Å². The van der Waals surface area contributed by atoms with Crippen LogP contribution in [0.2, 0.25) is 0 Å². The average molecular weight is 524 g/mol. The van der Waals surface area contributed by atoms with Crippen LogP contribution in [0.15, 0.2) is 0 Å². The summed E-state index contributed by atoms with van der Waals surface area (Å²) < 4.78 is 0. The maximum atomic E-state index is 12.9. The van der Waals surface area contributed by atoms with Gasteiger partial charge < -0.3 is 10.6 Å². The number of amides is 4. The summed E-state index contributed by atoms with van der Waals surface area (Å²) in [6.07, 6.45) is 17.0. The Hall–Kier alpha value is -1.26. The Morgan fingerprint density at radius 2 is 0.757 bits per heavy atom. The van der Waals surface area contributed by atoms with Crippen LogP contribution in [-0.2, 0) is 0 Å². The Morgan fingerprint density at radius 3 is 1.08 bits per heavy atom. The number of nitrogens with zero attached hydrogens (tertiary/aromatic N) is 1. The lowest BCUT2D eigenvalue weighted by Gasteiger charge is -2.22. The third-order valence-electron chi connectivity index (χ3n) is 6.81.